The van der Waals surface area contributed by atoms with Crippen molar-refractivity contribution in [1.29, 1.82) is 0 Å². The van der Waals surface area contributed by atoms with Crippen LogP contribution in [0.4, 0.5) is 0 Å². The van der Waals surface area contributed by atoms with E-state index >= 15 is 0 Å². The Morgan fingerprint density at radius 3 is 2.07 bits per heavy atom. The molecule has 2 aromatic carbocycles. The summed E-state index contributed by atoms with van der Waals surface area (Å²) in [6.45, 7) is 7.56. The van der Waals surface area contributed by atoms with E-state index in [9.17, 15) is 4.79 Å². The van der Waals surface area contributed by atoms with Gasteiger partial charge in [-0.2, -0.15) is 0 Å². The van der Waals surface area contributed by atoms with Gasteiger partial charge < -0.3 is 5.32 Å². The Morgan fingerprint density at radius 1 is 0.889 bits per heavy atom. The number of benzene rings is 2. The van der Waals surface area contributed by atoms with Crippen LogP contribution in [0.2, 0.25) is 0 Å². The van der Waals surface area contributed by atoms with E-state index < -0.39 is 0 Å². The molecule has 1 aliphatic heterocycles. The normalized spacial score (nSPS) is 16.8. The van der Waals surface area contributed by atoms with E-state index in [4.69, 9.17) is 0 Å². The van der Waals surface area contributed by atoms with Gasteiger partial charge in [0, 0.05) is 38.8 Å². The zero-order valence-electron chi connectivity index (χ0n) is 16.3. The molecular formula is C23H31N3O. The van der Waals surface area contributed by atoms with E-state index in [2.05, 4.69) is 76.6 Å². The lowest BCUT2D eigenvalue weighted by molar-refractivity contribution is -0.123. The van der Waals surface area contributed by atoms with Crippen LogP contribution in [0.3, 0.4) is 0 Å². The van der Waals surface area contributed by atoms with Gasteiger partial charge in [0.25, 0.3) is 0 Å². The minimum atomic E-state index is 0.145. The molecule has 1 saturated heterocycles. The molecule has 0 bridgehead atoms. The molecule has 4 heteroatoms. The number of hydrogen-bond donors (Lipinski definition) is 1. The first kappa shape index (κ1) is 19.6. The summed E-state index contributed by atoms with van der Waals surface area (Å²) in [7, 11) is 0. The Labute approximate surface area is 163 Å². The zero-order valence-corrected chi connectivity index (χ0v) is 16.3. The molecule has 3 rings (SSSR count). The van der Waals surface area contributed by atoms with Gasteiger partial charge in [-0.15, -0.1) is 0 Å². The van der Waals surface area contributed by atoms with Gasteiger partial charge in [-0.05, 0) is 30.9 Å². The van der Waals surface area contributed by atoms with E-state index in [0.29, 0.717) is 6.54 Å². The summed E-state index contributed by atoms with van der Waals surface area (Å²) in [4.78, 5) is 17.1. The van der Waals surface area contributed by atoms with Crippen molar-refractivity contribution in [2.45, 2.75) is 32.4 Å². The SMILES string of the molecule is CC(CCc1ccccc1)NC(=O)CN1CCN(Cc2ccccc2)CC1. The molecule has 1 heterocycles. The van der Waals surface area contributed by atoms with Crippen LogP contribution < -0.4 is 5.32 Å². The summed E-state index contributed by atoms with van der Waals surface area (Å²) in [6.07, 6.45) is 1.97. The minimum Gasteiger partial charge on any atom is -0.353 e. The van der Waals surface area contributed by atoms with Gasteiger partial charge in [0.1, 0.15) is 0 Å². The summed E-state index contributed by atoms with van der Waals surface area (Å²) >= 11 is 0. The average Bonchev–Trinajstić information content (AvgIpc) is 2.69. The van der Waals surface area contributed by atoms with Crippen molar-refractivity contribution < 1.29 is 4.79 Å². The van der Waals surface area contributed by atoms with Crippen molar-refractivity contribution in [3.8, 4) is 0 Å². The first-order chi connectivity index (χ1) is 13.2. The molecule has 1 unspecified atom stereocenters. The zero-order chi connectivity index (χ0) is 18.9. The van der Waals surface area contributed by atoms with E-state index in [0.717, 1.165) is 45.6 Å². The third-order valence-electron chi connectivity index (χ3n) is 5.20. The number of rotatable bonds is 8. The predicted molar refractivity (Wildman–Crippen MR) is 111 cm³/mol. The van der Waals surface area contributed by atoms with Gasteiger partial charge in [-0.1, -0.05) is 60.7 Å². The number of carbonyl (C=O) groups excluding carboxylic acids is 1. The van der Waals surface area contributed by atoms with Gasteiger partial charge >= 0.3 is 0 Å². The number of nitrogens with zero attached hydrogens (tertiary/aromatic N) is 2. The molecule has 2 aromatic rings. The molecule has 1 N–H and O–H groups in total. The second-order valence-corrected chi connectivity index (χ2v) is 7.53. The first-order valence-corrected chi connectivity index (χ1v) is 10.0. The summed E-state index contributed by atoms with van der Waals surface area (Å²) < 4.78 is 0. The number of hydrogen-bond acceptors (Lipinski definition) is 3. The van der Waals surface area contributed by atoms with E-state index in [1.54, 1.807) is 0 Å². The number of piperazine rings is 1. The molecule has 144 valence electrons. The highest BCUT2D eigenvalue weighted by Crippen LogP contribution is 2.09. The second kappa shape index (κ2) is 10.2. The fourth-order valence-corrected chi connectivity index (χ4v) is 3.57. The lowest BCUT2D eigenvalue weighted by Gasteiger charge is -2.34. The van der Waals surface area contributed by atoms with Crippen molar-refractivity contribution in [2.75, 3.05) is 32.7 Å². The Hall–Kier alpha value is -2.17. The highest BCUT2D eigenvalue weighted by Gasteiger charge is 2.19. The summed E-state index contributed by atoms with van der Waals surface area (Å²) in [5.41, 5.74) is 2.68. The Bertz CT molecular complexity index is 681. The molecule has 0 aliphatic carbocycles. The lowest BCUT2D eigenvalue weighted by atomic mass is 10.1. The molecular weight excluding hydrogens is 334 g/mol. The maximum atomic E-state index is 12.3. The highest BCUT2D eigenvalue weighted by molar-refractivity contribution is 5.78. The van der Waals surface area contributed by atoms with Crippen LogP contribution in [0.1, 0.15) is 24.5 Å². The predicted octanol–water partition coefficient (Wildman–Crippen LogP) is 2.94. The Morgan fingerprint density at radius 2 is 1.44 bits per heavy atom. The van der Waals surface area contributed by atoms with Crippen LogP contribution in [0.15, 0.2) is 60.7 Å². The van der Waals surface area contributed by atoms with Gasteiger partial charge in [0.05, 0.1) is 6.54 Å². The van der Waals surface area contributed by atoms with Gasteiger partial charge in [0.15, 0.2) is 0 Å². The molecule has 1 fully saturated rings. The summed E-state index contributed by atoms with van der Waals surface area (Å²) in [5, 5.41) is 3.15. The van der Waals surface area contributed by atoms with Crippen LogP contribution in [0.25, 0.3) is 0 Å². The molecule has 27 heavy (non-hydrogen) atoms. The maximum absolute atomic E-state index is 12.3. The highest BCUT2D eigenvalue weighted by atomic mass is 16.2. The minimum absolute atomic E-state index is 0.145. The molecule has 4 nitrogen and oxygen atoms in total. The first-order valence-electron chi connectivity index (χ1n) is 10.0. The van der Waals surface area contributed by atoms with Gasteiger partial charge in [-0.25, -0.2) is 0 Å². The number of carbonyl (C=O) groups is 1. The number of aryl methyl sites for hydroxylation is 1. The molecule has 0 saturated carbocycles. The van der Waals surface area contributed by atoms with Crippen LogP contribution in [-0.4, -0.2) is 54.5 Å². The second-order valence-electron chi connectivity index (χ2n) is 7.53. The Kier molecular flexibility index (Phi) is 7.43. The fraction of sp³-hybridized carbons (Fsp3) is 0.435. The topological polar surface area (TPSA) is 35.6 Å². The van der Waals surface area contributed by atoms with E-state index in [-0.39, 0.29) is 11.9 Å². The van der Waals surface area contributed by atoms with Crippen LogP contribution in [-0.2, 0) is 17.8 Å². The quantitative estimate of drug-likeness (QED) is 0.781. The fourth-order valence-electron chi connectivity index (χ4n) is 3.57. The average molecular weight is 366 g/mol. The van der Waals surface area contributed by atoms with E-state index in [1.165, 1.54) is 11.1 Å². The van der Waals surface area contributed by atoms with Crippen LogP contribution in [0, 0.1) is 0 Å². The van der Waals surface area contributed by atoms with Crippen molar-refractivity contribution >= 4 is 5.91 Å². The van der Waals surface area contributed by atoms with Crippen molar-refractivity contribution in [3.05, 3.63) is 71.8 Å². The standard InChI is InChI=1S/C23H31N3O/c1-20(12-13-21-8-4-2-5-9-21)24-23(27)19-26-16-14-25(15-17-26)18-22-10-6-3-7-11-22/h2-11,20H,12-19H2,1H3,(H,24,27). The molecule has 0 radical (unpaired) electrons. The third-order valence-corrected chi connectivity index (χ3v) is 5.20. The van der Waals surface area contributed by atoms with Crippen LogP contribution >= 0.6 is 0 Å². The van der Waals surface area contributed by atoms with E-state index in [1.807, 2.05) is 6.07 Å². The molecule has 1 atom stereocenters. The molecule has 0 spiro atoms. The van der Waals surface area contributed by atoms with Crippen molar-refractivity contribution in [3.63, 3.8) is 0 Å². The Balaban J connectivity index is 1.33. The smallest absolute Gasteiger partial charge is 0.234 e. The largest absolute Gasteiger partial charge is 0.353 e. The monoisotopic (exact) mass is 365 g/mol. The van der Waals surface area contributed by atoms with Crippen LogP contribution in [0.5, 0.6) is 0 Å². The van der Waals surface area contributed by atoms with Gasteiger partial charge in [0.2, 0.25) is 5.91 Å². The molecule has 1 amide bonds. The number of nitrogens with one attached hydrogen (secondary N) is 1. The molecule has 0 aromatic heterocycles. The number of amides is 1. The van der Waals surface area contributed by atoms with Crippen molar-refractivity contribution in [2.24, 2.45) is 0 Å². The lowest BCUT2D eigenvalue weighted by Crippen LogP contribution is -2.50. The van der Waals surface area contributed by atoms with Crippen molar-refractivity contribution in [1.82, 2.24) is 15.1 Å². The third kappa shape index (κ3) is 6.81. The van der Waals surface area contributed by atoms with Gasteiger partial charge in [-0.3, -0.25) is 14.6 Å². The molecule has 1 aliphatic rings. The maximum Gasteiger partial charge on any atom is 0.234 e. The summed E-state index contributed by atoms with van der Waals surface area (Å²) in [5.74, 6) is 0.145. The summed E-state index contributed by atoms with van der Waals surface area (Å²) in [6, 6.07) is 21.3.